The van der Waals surface area contributed by atoms with Crippen LogP contribution in [0, 0.1) is 13.8 Å². The third-order valence-corrected chi connectivity index (χ3v) is 5.41. The number of anilines is 1. The Morgan fingerprint density at radius 3 is 2.67 bits per heavy atom. The van der Waals surface area contributed by atoms with Crippen LogP contribution in [0.15, 0.2) is 18.2 Å². The van der Waals surface area contributed by atoms with Gasteiger partial charge in [0.1, 0.15) is 5.00 Å². The number of benzene rings is 1. The molecule has 2 rings (SSSR count). The number of halogens is 2. The number of hydrogen-bond acceptors (Lipinski definition) is 4. The van der Waals surface area contributed by atoms with Crippen LogP contribution in [0.5, 0.6) is 0 Å². The molecule has 4 nitrogen and oxygen atoms in total. The predicted molar refractivity (Wildman–Crippen MR) is 105 cm³/mol. The molecule has 8 heteroatoms. The summed E-state index contributed by atoms with van der Waals surface area (Å²) >= 11 is 18.8. The second-order valence-electron chi connectivity index (χ2n) is 5.02. The minimum absolute atomic E-state index is 0.386. The first kappa shape index (κ1) is 19.0. The van der Waals surface area contributed by atoms with Gasteiger partial charge in [-0.1, -0.05) is 29.3 Å². The van der Waals surface area contributed by atoms with Gasteiger partial charge in [-0.05, 0) is 49.3 Å². The molecule has 24 heavy (non-hydrogen) atoms. The highest BCUT2D eigenvalue weighted by atomic mass is 35.5. The maximum Gasteiger partial charge on any atom is 0.341 e. The van der Waals surface area contributed by atoms with Crippen LogP contribution < -0.4 is 10.6 Å². The van der Waals surface area contributed by atoms with Crippen molar-refractivity contribution in [2.75, 3.05) is 12.4 Å². The molecule has 2 N–H and O–H groups in total. The fraction of sp³-hybridized carbons (Fsp3) is 0.250. The number of aryl methyl sites for hydroxylation is 1. The fourth-order valence-electron chi connectivity index (χ4n) is 2.05. The van der Waals surface area contributed by atoms with Crippen molar-refractivity contribution < 1.29 is 9.53 Å². The number of esters is 1. The summed E-state index contributed by atoms with van der Waals surface area (Å²) in [5, 5.41) is 8.33. The highest BCUT2D eigenvalue weighted by Gasteiger charge is 2.20. The highest BCUT2D eigenvalue weighted by molar-refractivity contribution is 7.80. The van der Waals surface area contributed by atoms with Crippen molar-refractivity contribution in [3.8, 4) is 0 Å². The van der Waals surface area contributed by atoms with Gasteiger partial charge in [-0.15, -0.1) is 11.3 Å². The SMILES string of the molecule is COC(=O)c1c(NC(=S)NCc2ccc(Cl)cc2Cl)sc(C)c1C. The quantitative estimate of drug-likeness (QED) is 0.559. The normalized spacial score (nSPS) is 10.4. The monoisotopic (exact) mass is 402 g/mol. The maximum absolute atomic E-state index is 12.0. The van der Waals surface area contributed by atoms with Gasteiger partial charge >= 0.3 is 5.97 Å². The summed E-state index contributed by atoms with van der Waals surface area (Å²) in [7, 11) is 1.36. The van der Waals surface area contributed by atoms with E-state index >= 15 is 0 Å². The zero-order valence-electron chi connectivity index (χ0n) is 13.3. The van der Waals surface area contributed by atoms with Gasteiger partial charge in [-0.25, -0.2) is 4.79 Å². The Labute approximate surface area is 160 Å². The Morgan fingerprint density at radius 1 is 1.33 bits per heavy atom. The topological polar surface area (TPSA) is 50.4 Å². The lowest BCUT2D eigenvalue weighted by molar-refractivity contribution is 0.0601. The standard InChI is InChI=1S/C16H16Cl2N2O2S2/c1-8-9(2)24-14(13(8)15(21)22-3)20-16(23)19-7-10-4-5-11(17)6-12(10)18/h4-6H,7H2,1-3H3,(H2,19,20,23). The molecule has 0 unspecified atom stereocenters. The lowest BCUT2D eigenvalue weighted by Crippen LogP contribution is -2.28. The van der Waals surface area contributed by atoms with Gasteiger partial charge in [0.05, 0.1) is 12.7 Å². The summed E-state index contributed by atoms with van der Waals surface area (Å²) < 4.78 is 4.84. The molecule has 0 aliphatic heterocycles. The molecule has 128 valence electrons. The van der Waals surface area contributed by atoms with Crippen LogP contribution in [-0.4, -0.2) is 18.2 Å². The van der Waals surface area contributed by atoms with Crippen molar-refractivity contribution in [2.45, 2.75) is 20.4 Å². The van der Waals surface area contributed by atoms with Crippen molar-refractivity contribution in [3.05, 3.63) is 49.8 Å². The van der Waals surface area contributed by atoms with Crippen molar-refractivity contribution in [2.24, 2.45) is 0 Å². The molecule has 0 saturated carbocycles. The number of rotatable bonds is 4. The van der Waals surface area contributed by atoms with Crippen LogP contribution in [-0.2, 0) is 11.3 Å². The van der Waals surface area contributed by atoms with Crippen LogP contribution in [0.3, 0.4) is 0 Å². The predicted octanol–water partition coefficient (Wildman–Crippen LogP) is 4.94. The van der Waals surface area contributed by atoms with Crippen LogP contribution in [0.4, 0.5) is 5.00 Å². The van der Waals surface area contributed by atoms with Gasteiger partial charge in [-0.2, -0.15) is 0 Å². The number of hydrogen-bond donors (Lipinski definition) is 2. The van der Waals surface area contributed by atoms with E-state index in [4.69, 9.17) is 40.2 Å². The minimum Gasteiger partial charge on any atom is -0.465 e. The molecule has 0 radical (unpaired) electrons. The maximum atomic E-state index is 12.0. The second-order valence-corrected chi connectivity index (χ2v) is 7.50. The smallest absolute Gasteiger partial charge is 0.341 e. The van der Waals surface area contributed by atoms with E-state index in [0.717, 1.165) is 16.0 Å². The minimum atomic E-state index is -0.386. The first-order chi connectivity index (χ1) is 11.3. The average molecular weight is 403 g/mol. The average Bonchev–Trinajstić information content (AvgIpc) is 2.80. The van der Waals surface area contributed by atoms with Gasteiger partial charge in [0.25, 0.3) is 0 Å². The second kappa shape index (κ2) is 8.16. The van der Waals surface area contributed by atoms with E-state index in [9.17, 15) is 4.79 Å². The fourth-order valence-corrected chi connectivity index (χ4v) is 3.82. The molecule has 1 aromatic heterocycles. The third kappa shape index (κ3) is 4.39. The number of methoxy groups -OCH3 is 1. The van der Waals surface area contributed by atoms with Gasteiger partial charge < -0.3 is 15.4 Å². The largest absolute Gasteiger partial charge is 0.465 e. The Bertz CT molecular complexity index is 791. The van der Waals surface area contributed by atoms with Gasteiger partial charge in [0.15, 0.2) is 5.11 Å². The molecule has 1 heterocycles. The zero-order chi connectivity index (χ0) is 17.9. The number of ether oxygens (including phenoxy) is 1. The van der Waals surface area contributed by atoms with Crippen LogP contribution in [0.2, 0.25) is 10.0 Å². The number of thiocarbonyl (C=S) groups is 1. The molecule has 1 aromatic carbocycles. The molecule has 0 amide bonds. The number of carbonyl (C=O) groups is 1. The van der Waals surface area contributed by atoms with Crippen LogP contribution in [0.25, 0.3) is 0 Å². The van der Waals surface area contributed by atoms with E-state index in [2.05, 4.69) is 10.6 Å². The number of thiophene rings is 1. The molecule has 0 saturated heterocycles. The van der Waals surface area contributed by atoms with Gasteiger partial charge in [-0.3, -0.25) is 0 Å². The highest BCUT2D eigenvalue weighted by Crippen LogP contribution is 2.32. The summed E-state index contributed by atoms with van der Waals surface area (Å²) in [6.45, 7) is 4.27. The van der Waals surface area contributed by atoms with E-state index in [1.54, 1.807) is 12.1 Å². The van der Waals surface area contributed by atoms with Crippen LogP contribution in [0.1, 0.15) is 26.4 Å². The lowest BCUT2D eigenvalue weighted by atomic mass is 10.1. The van der Waals surface area contributed by atoms with Gasteiger partial charge in [0.2, 0.25) is 0 Å². The summed E-state index contributed by atoms with van der Waals surface area (Å²) in [5.74, 6) is -0.386. The number of carbonyl (C=O) groups excluding carboxylic acids is 1. The van der Waals surface area contributed by atoms with E-state index in [1.165, 1.54) is 18.4 Å². The first-order valence-corrected chi connectivity index (χ1v) is 8.98. The van der Waals surface area contributed by atoms with E-state index in [0.29, 0.717) is 32.3 Å². The zero-order valence-corrected chi connectivity index (χ0v) is 16.5. The molecular weight excluding hydrogens is 387 g/mol. The van der Waals surface area contributed by atoms with Crippen molar-refractivity contribution in [3.63, 3.8) is 0 Å². The molecule has 0 bridgehead atoms. The Kier molecular flexibility index (Phi) is 6.46. The summed E-state index contributed by atoms with van der Waals surface area (Å²) in [4.78, 5) is 13.0. The van der Waals surface area contributed by atoms with Crippen LogP contribution >= 0.6 is 46.8 Å². The molecule has 0 spiro atoms. The third-order valence-electron chi connectivity index (χ3n) is 3.46. The molecule has 2 aromatic rings. The van der Waals surface area contributed by atoms with Crippen molar-refractivity contribution >= 4 is 62.8 Å². The molecule has 0 aliphatic carbocycles. The summed E-state index contributed by atoms with van der Waals surface area (Å²) in [6.07, 6.45) is 0. The van der Waals surface area contributed by atoms with E-state index in [-0.39, 0.29) is 5.97 Å². The lowest BCUT2D eigenvalue weighted by Gasteiger charge is -2.11. The Hall–Kier alpha value is -1.34. The first-order valence-electron chi connectivity index (χ1n) is 7.00. The molecular formula is C16H16Cl2N2O2S2. The molecule has 0 aliphatic rings. The molecule has 0 atom stereocenters. The van der Waals surface area contributed by atoms with Gasteiger partial charge in [0, 0.05) is 21.5 Å². The Balaban J connectivity index is 2.07. The van der Waals surface area contributed by atoms with E-state index in [1.807, 2.05) is 19.9 Å². The number of nitrogens with one attached hydrogen (secondary N) is 2. The van der Waals surface area contributed by atoms with Crippen molar-refractivity contribution in [1.29, 1.82) is 0 Å². The van der Waals surface area contributed by atoms with Crippen molar-refractivity contribution in [1.82, 2.24) is 5.32 Å². The van der Waals surface area contributed by atoms with E-state index < -0.39 is 0 Å². The molecule has 0 fully saturated rings. The summed E-state index contributed by atoms with van der Waals surface area (Å²) in [6, 6.07) is 5.28. The summed E-state index contributed by atoms with van der Waals surface area (Å²) in [5.41, 5.74) is 2.27. The Morgan fingerprint density at radius 2 is 2.04 bits per heavy atom.